The number of hydrogen-bond donors (Lipinski definition) is 0. The van der Waals surface area contributed by atoms with Crippen molar-refractivity contribution in [3.05, 3.63) is 114 Å². The molecule has 3 heterocycles. The Morgan fingerprint density at radius 1 is 0.878 bits per heavy atom. The Morgan fingerprint density at radius 2 is 1.66 bits per heavy atom. The summed E-state index contributed by atoms with van der Waals surface area (Å²) in [6, 6.07) is 23.2. The number of fused-ring (bicyclic) bond motifs is 3. The molecular formula is C34H35FN4OS. The second kappa shape index (κ2) is 12.4. The number of unbranched alkanes of at least 4 members (excludes halogenated alkanes) is 1. The SMILES string of the molecule is O=C(CCCCN1CCN(c2ccccc2)CC1)c1ccc2c(c1)N(Cc1ccccc1F)C(=S)C1=CCC=CN12. The Labute approximate surface area is 247 Å². The maximum absolute atomic E-state index is 14.6. The molecule has 0 radical (unpaired) electrons. The van der Waals surface area contributed by atoms with E-state index in [0.717, 1.165) is 69.1 Å². The first kappa shape index (κ1) is 27.4. The number of Topliss-reactive ketones (excluding diaryl/α,β-unsaturated/α-hetero) is 1. The van der Waals surface area contributed by atoms with Crippen molar-refractivity contribution in [1.29, 1.82) is 0 Å². The Hall–Kier alpha value is -3.81. The summed E-state index contributed by atoms with van der Waals surface area (Å²) in [6.45, 7) is 5.49. The number of thiocarbonyl (C=S) groups is 1. The Kier molecular flexibility index (Phi) is 8.26. The minimum atomic E-state index is -0.259. The molecule has 0 aromatic heterocycles. The largest absolute Gasteiger partial charge is 0.369 e. The highest BCUT2D eigenvalue weighted by Crippen LogP contribution is 2.41. The van der Waals surface area contributed by atoms with Crippen LogP contribution in [-0.4, -0.2) is 48.4 Å². The maximum Gasteiger partial charge on any atom is 0.162 e. The van der Waals surface area contributed by atoms with Gasteiger partial charge in [0.1, 0.15) is 10.8 Å². The minimum absolute atomic E-state index is 0.133. The average molecular weight is 567 g/mol. The van der Waals surface area contributed by atoms with Gasteiger partial charge in [0.25, 0.3) is 0 Å². The third kappa shape index (κ3) is 5.97. The summed E-state index contributed by atoms with van der Waals surface area (Å²) < 4.78 is 14.6. The maximum atomic E-state index is 14.6. The van der Waals surface area contributed by atoms with E-state index < -0.39 is 0 Å². The molecular weight excluding hydrogens is 531 g/mol. The lowest BCUT2D eigenvalue weighted by Crippen LogP contribution is -2.46. The van der Waals surface area contributed by atoms with Crippen LogP contribution in [0.4, 0.5) is 21.5 Å². The van der Waals surface area contributed by atoms with Gasteiger partial charge in [0.05, 0.1) is 23.6 Å². The summed E-state index contributed by atoms with van der Waals surface area (Å²) in [4.78, 5) is 22.9. The first-order valence-corrected chi connectivity index (χ1v) is 14.9. The zero-order chi connectivity index (χ0) is 28.2. The summed E-state index contributed by atoms with van der Waals surface area (Å²) in [5.41, 5.74) is 5.25. The van der Waals surface area contributed by atoms with Crippen LogP contribution in [0.5, 0.6) is 0 Å². The summed E-state index contributed by atoms with van der Waals surface area (Å²) in [5.74, 6) is -0.125. The van der Waals surface area contributed by atoms with Gasteiger partial charge in [-0.3, -0.25) is 9.69 Å². The highest BCUT2D eigenvalue weighted by atomic mass is 32.1. The number of halogens is 1. The average Bonchev–Trinajstić information content (AvgIpc) is 3.02. The monoisotopic (exact) mass is 566 g/mol. The predicted octanol–water partition coefficient (Wildman–Crippen LogP) is 6.96. The lowest BCUT2D eigenvalue weighted by molar-refractivity contribution is 0.0977. The standard InChI is InChI=1S/C34H35FN4OS/c35-29-13-5-4-10-27(29)25-39-32-24-26(16-17-30(32)38-19-9-6-14-31(38)34(39)41)33(40)15-7-8-18-36-20-22-37(23-21-36)28-11-2-1-3-12-28/h1-5,9-14,16-17,19,24H,6-8,15,18,20-23,25H2. The van der Waals surface area contributed by atoms with Crippen molar-refractivity contribution < 1.29 is 9.18 Å². The quantitative estimate of drug-likeness (QED) is 0.158. The van der Waals surface area contributed by atoms with Crippen LogP contribution in [0.25, 0.3) is 0 Å². The lowest BCUT2D eigenvalue weighted by atomic mass is 10.00. The molecule has 0 spiro atoms. The first-order chi connectivity index (χ1) is 20.1. The molecule has 3 aromatic rings. The predicted molar refractivity (Wildman–Crippen MR) is 169 cm³/mol. The summed E-state index contributed by atoms with van der Waals surface area (Å²) in [6.07, 6.45) is 9.38. The summed E-state index contributed by atoms with van der Waals surface area (Å²) in [7, 11) is 0. The molecule has 1 fully saturated rings. The molecule has 3 aliphatic rings. The third-order valence-electron chi connectivity index (χ3n) is 8.18. The number of anilines is 3. The molecule has 0 N–H and O–H groups in total. The number of carbonyl (C=O) groups is 1. The molecule has 3 aliphatic heterocycles. The molecule has 0 unspecified atom stereocenters. The van der Waals surface area contributed by atoms with Crippen molar-refractivity contribution in [2.75, 3.05) is 47.4 Å². The third-order valence-corrected chi connectivity index (χ3v) is 8.61. The van der Waals surface area contributed by atoms with E-state index in [-0.39, 0.29) is 11.6 Å². The van der Waals surface area contributed by atoms with E-state index in [9.17, 15) is 9.18 Å². The fraction of sp³-hybridized carbons (Fsp3) is 0.294. The zero-order valence-electron chi connectivity index (χ0n) is 23.2. The van der Waals surface area contributed by atoms with Crippen LogP contribution < -0.4 is 14.7 Å². The van der Waals surface area contributed by atoms with E-state index in [2.05, 4.69) is 57.2 Å². The molecule has 0 atom stereocenters. The van der Waals surface area contributed by atoms with Crippen LogP contribution in [0.3, 0.4) is 0 Å². The Balaban J connectivity index is 1.09. The van der Waals surface area contributed by atoms with Gasteiger partial charge >= 0.3 is 0 Å². The molecule has 41 heavy (non-hydrogen) atoms. The lowest BCUT2D eigenvalue weighted by Gasteiger charge is -2.40. The van der Waals surface area contributed by atoms with Crippen molar-refractivity contribution in [1.82, 2.24) is 4.90 Å². The van der Waals surface area contributed by atoms with E-state index in [4.69, 9.17) is 12.2 Å². The van der Waals surface area contributed by atoms with Crippen molar-refractivity contribution in [2.24, 2.45) is 0 Å². The molecule has 6 rings (SSSR count). The smallest absolute Gasteiger partial charge is 0.162 e. The van der Waals surface area contributed by atoms with Crippen LogP contribution in [0.1, 0.15) is 41.6 Å². The van der Waals surface area contributed by atoms with Crippen LogP contribution in [-0.2, 0) is 6.54 Å². The number of rotatable bonds is 9. The highest BCUT2D eigenvalue weighted by Gasteiger charge is 2.32. The number of para-hydroxylation sites is 1. The number of hydrogen-bond acceptors (Lipinski definition) is 5. The number of benzene rings is 3. The molecule has 0 amide bonds. The van der Waals surface area contributed by atoms with Gasteiger partial charge in [0.15, 0.2) is 5.78 Å². The minimum Gasteiger partial charge on any atom is -0.369 e. The van der Waals surface area contributed by atoms with Crippen LogP contribution >= 0.6 is 12.2 Å². The van der Waals surface area contributed by atoms with Crippen LogP contribution in [0.2, 0.25) is 0 Å². The molecule has 0 bridgehead atoms. The van der Waals surface area contributed by atoms with Gasteiger partial charge in [0.2, 0.25) is 0 Å². The van der Waals surface area contributed by atoms with Crippen molar-refractivity contribution in [3.8, 4) is 0 Å². The molecule has 7 heteroatoms. The van der Waals surface area contributed by atoms with Gasteiger partial charge in [-0.2, -0.15) is 0 Å². The number of carbonyl (C=O) groups excluding carboxylic acids is 1. The molecule has 0 saturated carbocycles. The van der Waals surface area contributed by atoms with E-state index in [1.165, 1.54) is 11.8 Å². The van der Waals surface area contributed by atoms with E-state index >= 15 is 0 Å². The normalized spacial score (nSPS) is 16.9. The fourth-order valence-corrected chi connectivity index (χ4v) is 6.22. The van der Waals surface area contributed by atoms with Gasteiger partial charge < -0.3 is 14.7 Å². The van der Waals surface area contributed by atoms with Gasteiger partial charge in [-0.25, -0.2) is 4.39 Å². The van der Waals surface area contributed by atoms with Gasteiger partial charge in [-0.05, 0) is 62.2 Å². The molecule has 1 saturated heterocycles. The summed E-state index contributed by atoms with van der Waals surface area (Å²) >= 11 is 5.90. The zero-order valence-corrected chi connectivity index (χ0v) is 24.0. The fourth-order valence-electron chi connectivity index (χ4n) is 5.88. The number of piperazine rings is 1. The van der Waals surface area contributed by atoms with Gasteiger partial charge in [-0.1, -0.05) is 60.8 Å². The second-order valence-corrected chi connectivity index (χ2v) is 11.2. The highest BCUT2D eigenvalue weighted by molar-refractivity contribution is 7.81. The summed E-state index contributed by atoms with van der Waals surface area (Å²) in [5, 5.41) is 0. The number of allylic oxidation sites excluding steroid dienone is 2. The van der Waals surface area contributed by atoms with Gasteiger partial charge in [-0.15, -0.1) is 0 Å². The molecule has 5 nitrogen and oxygen atoms in total. The Bertz CT molecular complexity index is 1480. The van der Waals surface area contributed by atoms with Crippen molar-refractivity contribution in [2.45, 2.75) is 32.2 Å². The molecule has 0 aliphatic carbocycles. The van der Waals surface area contributed by atoms with Crippen molar-refractivity contribution in [3.63, 3.8) is 0 Å². The Morgan fingerprint density at radius 3 is 2.46 bits per heavy atom. The topological polar surface area (TPSA) is 30.0 Å². The van der Waals surface area contributed by atoms with E-state index in [1.54, 1.807) is 12.1 Å². The van der Waals surface area contributed by atoms with Crippen LogP contribution in [0.15, 0.2) is 96.8 Å². The molecule has 3 aromatic carbocycles. The molecule has 210 valence electrons. The van der Waals surface area contributed by atoms with Gasteiger partial charge in [0, 0.05) is 55.6 Å². The second-order valence-electron chi connectivity index (χ2n) is 10.8. The van der Waals surface area contributed by atoms with Crippen LogP contribution in [0, 0.1) is 5.82 Å². The first-order valence-electron chi connectivity index (χ1n) is 14.5. The van der Waals surface area contributed by atoms with E-state index in [0.29, 0.717) is 29.1 Å². The number of ketones is 1. The van der Waals surface area contributed by atoms with E-state index in [1.807, 2.05) is 35.4 Å². The van der Waals surface area contributed by atoms with Crippen molar-refractivity contribution >= 4 is 40.1 Å². The number of nitrogens with zero attached hydrogens (tertiary/aromatic N) is 4.